The van der Waals surface area contributed by atoms with E-state index in [0.29, 0.717) is 14.9 Å². The normalized spacial score (nSPS) is 12.0. The first-order valence-electron chi connectivity index (χ1n) is 9.67. The van der Waals surface area contributed by atoms with Gasteiger partial charge in [-0.15, -0.1) is 10.00 Å². The fourth-order valence-electron chi connectivity index (χ4n) is 2.61. The number of ether oxygens (including phenoxy) is 2. The van der Waals surface area contributed by atoms with Gasteiger partial charge in [0.25, 0.3) is 5.95 Å². The monoisotopic (exact) mass is 507 g/mol. The fraction of sp³-hybridized carbons (Fsp3) is 0.381. The number of fused-ring (bicyclic) bond motifs is 1. The van der Waals surface area contributed by atoms with Crippen LogP contribution in [0.1, 0.15) is 41.5 Å². The number of amides is 2. The van der Waals surface area contributed by atoms with Gasteiger partial charge >= 0.3 is 12.2 Å². The van der Waals surface area contributed by atoms with E-state index in [1.807, 2.05) is 0 Å². The number of carbonyl (C=O) groups excluding carboxylic acids is 2. The summed E-state index contributed by atoms with van der Waals surface area (Å²) in [5, 5.41) is 4.20. The molecule has 3 aromatic heterocycles. The van der Waals surface area contributed by atoms with Crippen molar-refractivity contribution < 1.29 is 23.5 Å². The van der Waals surface area contributed by atoms with Crippen LogP contribution in [0, 0.1) is 5.95 Å². The van der Waals surface area contributed by atoms with Crippen LogP contribution in [0.4, 0.5) is 19.9 Å². The number of imide groups is 1. The molecule has 0 aliphatic rings. The van der Waals surface area contributed by atoms with E-state index in [9.17, 15) is 14.0 Å². The lowest BCUT2D eigenvalue weighted by Crippen LogP contribution is -2.44. The number of anilines is 1. The molecule has 0 atom stereocenters. The SMILES string of the molecule is CC(C)(C)OC(=O)N(C(=O)OC(C)(C)C)c1nc2cc(-c3cc(Br)cnc3F)ccn2n1. The Morgan fingerprint density at radius 2 is 1.66 bits per heavy atom. The van der Waals surface area contributed by atoms with Gasteiger partial charge in [0.2, 0.25) is 5.95 Å². The second kappa shape index (κ2) is 8.45. The molecule has 0 saturated heterocycles. The molecule has 3 heterocycles. The number of nitrogens with zero attached hydrogens (tertiary/aromatic N) is 5. The van der Waals surface area contributed by atoms with E-state index < -0.39 is 29.3 Å². The van der Waals surface area contributed by atoms with Crippen molar-refractivity contribution >= 4 is 39.7 Å². The first-order chi connectivity index (χ1) is 14.7. The van der Waals surface area contributed by atoms with Crippen LogP contribution in [0.15, 0.2) is 35.1 Å². The smallest absolute Gasteiger partial charge is 0.427 e. The zero-order chi connectivity index (χ0) is 23.8. The molecule has 0 N–H and O–H groups in total. The molecular weight excluding hydrogens is 485 g/mol. The Hall–Kier alpha value is -3.08. The van der Waals surface area contributed by atoms with E-state index in [2.05, 4.69) is 31.0 Å². The molecule has 3 rings (SSSR count). The average Bonchev–Trinajstić information content (AvgIpc) is 3.03. The van der Waals surface area contributed by atoms with Gasteiger partial charge < -0.3 is 9.47 Å². The number of pyridine rings is 2. The molecule has 2 amide bonds. The maximum atomic E-state index is 14.2. The Morgan fingerprint density at radius 3 is 2.22 bits per heavy atom. The summed E-state index contributed by atoms with van der Waals surface area (Å²) in [5.74, 6) is -0.889. The van der Waals surface area contributed by atoms with Crippen LogP contribution in [0.5, 0.6) is 0 Å². The highest BCUT2D eigenvalue weighted by atomic mass is 79.9. The first kappa shape index (κ1) is 23.6. The zero-order valence-corrected chi connectivity index (χ0v) is 20.1. The van der Waals surface area contributed by atoms with Gasteiger partial charge in [0.05, 0.1) is 0 Å². The predicted molar refractivity (Wildman–Crippen MR) is 119 cm³/mol. The quantitative estimate of drug-likeness (QED) is 0.429. The molecule has 3 aromatic rings. The molecule has 0 saturated carbocycles. The Kier molecular flexibility index (Phi) is 6.23. The van der Waals surface area contributed by atoms with Crippen molar-refractivity contribution in [2.75, 3.05) is 4.90 Å². The lowest BCUT2D eigenvalue weighted by molar-refractivity contribution is 0.0427. The largest absolute Gasteiger partial charge is 0.443 e. The third-order valence-corrected chi connectivity index (χ3v) is 4.23. The molecular formula is C21H23BrFN5O4. The van der Waals surface area contributed by atoms with Gasteiger partial charge in [0, 0.05) is 22.4 Å². The summed E-state index contributed by atoms with van der Waals surface area (Å²) in [6.45, 7) is 10.0. The van der Waals surface area contributed by atoms with Crippen LogP contribution in [0.3, 0.4) is 0 Å². The second-order valence-electron chi connectivity index (χ2n) is 8.92. The van der Waals surface area contributed by atoms with Crippen LogP contribution in [-0.2, 0) is 9.47 Å². The molecule has 0 spiro atoms. The van der Waals surface area contributed by atoms with Gasteiger partial charge in [0.15, 0.2) is 5.65 Å². The third-order valence-electron chi connectivity index (χ3n) is 3.80. The molecule has 0 aliphatic heterocycles. The van der Waals surface area contributed by atoms with E-state index in [1.54, 1.807) is 59.7 Å². The van der Waals surface area contributed by atoms with Crippen LogP contribution in [0.2, 0.25) is 0 Å². The zero-order valence-electron chi connectivity index (χ0n) is 18.5. The average molecular weight is 508 g/mol. The second-order valence-corrected chi connectivity index (χ2v) is 9.83. The van der Waals surface area contributed by atoms with Crippen LogP contribution >= 0.6 is 15.9 Å². The summed E-state index contributed by atoms with van der Waals surface area (Å²) in [4.78, 5) is 34.2. The Morgan fingerprint density at radius 1 is 1.06 bits per heavy atom. The van der Waals surface area contributed by atoms with Crippen molar-refractivity contribution in [2.24, 2.45) is 0 Å². The molecule has 11 heteroatoms. The summed E-state index contributed by atoms with van der Waals surface area (Å²) in [6, 6.07) is 4.76. The highest BCUT2D eigenvalue weighted by Gasteiger charge is 2.35. The molecule has 32 heavy (non-hydrogen) atoms. The van der Waals surface area contributed by atoms with E-state index in [-0.39, 0.29) is 17.2 Å². The lowest BCUT2D eigenvalue weighted by Gasteiger charge is -2.26. The molecule has 0 radical (unpaired) electrons. The summed E-state index contributed by atoms with van der Waals surface area (Å²) in [5.41, 5.74) is -0.718. The van der Waals surface area contributed by atoms with Crippen LogP contribution in [0.25, 0.3) is 16.8 Å². The predicted octanol–water partition coefficient (Wildman–Crippen LogP) is 5.37. The third kappa shape index (κ3) is 5.58. The number of rotatable bonds is 2. The molecule has 0 aromatic carbocycles. The van der Waals surface area contributed by atoms with Crippen molar-refractivity contribution in [3.05, 3.63) is 41.0 Å². The number of carbonyl (C=O) groups is 2. The minimum Gasteiger partial charge on any atom is -0.443 e. The highest BCUT2D eigenvalue weighted by Crippen LogP contribution is 2.26. The molecule has 9 nitrogen and oxygen atoms in total. The fourth-order valence-corrected chi connectivity index (χ4v) is 2.94. The Balaban J connectivity index is 2.05. The van der Waals surface area contributed by atoms with Gasteiger partial charge in [-0.25, -0.2) is 19.1 Å². The number of halogens is 2. The molecule has 0 bridgehead atoms. The van der Waals surface area contributed by atoms with Crippen LogP contribution < -0.4 is 4.90 Å². The standard InChI is InChI=1S/C21H23BrFN5O4/c1-20(2,3)31-18(29)28(19(30)32-21(4,5)6)17-25-15-9-12(7-8-27(15)26-17)14-10-13(22)11-24-16(14)23/h7-11H,1-6H3. The molecule has 0 unspecified atom stereocenters. The number of hydrogen-bond acceptors (Lipinski definition) is 7. The highest BCUT2D eigenvalue weighted by molar-refractivity contribution is 9.10. The topological polar surface area (TPSA) is 98.9 Å². The molecule has 170 valence electrons. The molecule has 0 aliphatic carbocycles. The van der Waals surface area contributed by atoms with E-state index in [1.165, 1.54) is 16.9 Å². The first-order valence-corrected chi connectivity index (χ1v) is 10.5. The van der Waals surface area contributed by atoms with Crippen molar-refractivity contribution in [3.63, 3.8) is 0 Å². The lowest BCUT2D eigenvalue weighted by atomic mass is 10.1. The van der Waals surface area contributed by atoms with Gasteiger partial charge in [-0.05, 0) is 81.2 Å². The minimum absolute atomic E-state index is 0.238. The van der Waals surface area contributed by atoms with Gasteiger partial charge in [0.1, 0.15) is 11.2 Å². The van der Waals surface area contributed by atoms with Crippen molar-refractivity contribution in [1.82, 2.24) is 19.6 Å². The minimum atomic E-state index is -0.981. The number of aromatic nitrogens is 4. The van der Waals surface area contributed by atoms with Gasteiger partial charge in [-0.3, -0.25) is 0 Å². The van der Waals surface area contributed by atoms with Gasteiger partial charge in [-0.1, -0.05) is 0 Å². The summed E-state index contributed by atoms with van der Waals surface area (Å²) >= 11 is 3.27. The maximum absolute atomic E-state index is 14.2. The number of hydrogen-bond donors (Lipinski definition) is 0. The Bertz CT molecular complexity index is 1160. The Labute approximate surface area is 192 Å². The summed E-state index contributed by atoms with van der Waals surface area (Å²) in [6.07, 6.45) is 0.922. The van der Waals surface area contributed by atoms with E-state index in [0.717, 1.165) is 0 Å². The molecule has 0 fully saturated rings. The summed E-state index contributed by atoms with van der Waals surface area (Å²) in [7, 11) is 0. The van der Waals surface area contributed by atoms with Crippen molar-refractivity contribution in [3.8, 4) is 11.1 Å². The van der Waals surface area contributed by atoms with Crippen LogP contribution in [-0.4, -0.2) is 43.0 Å². The summed E-state index contributed by atoms with van der Waals surface area (Å²) < 4.78 is 26.9. The van der Waals surface area contributed by atoms with Crippen molar-refractivity contribution in [2.45, 2.75) is 52.7 Å². The van der Waals surface area contributed by atoms with E-state index >= 15 is 0 Å². The maximum Gasteiger partial charge on any atom is 0.427 e. The van der Waals surface area contributed by atoms with Gasteiger partial charge in [-0.2, -0.15) is 9.37 Å². The van der Waals surface area contributed by atoms with E-state index in [4.69, 9.17) is 9.47 Å². The van der Waals surface area contributed by atoms with Crippen molar-refractivity contribution in [1.29, 1.82) is 0 Å².